The van der Waals surface area contributed by atoms with Crippen molar-refractivity contribution in [2.75, 3.05) is 13.2 Å². The lowest BCUT2D eigenvalue weighted by Crippen LogP contribution is -2.27. The van der Waals surface area contributed by atoms with E-state index in [2.05, 4.69) is 0 Å². The zero-order valence-electron chi connectivity index (χ0n) is 17.7. The molecule has 0 bridgehead atoms. The summed E-state index contributed by atoms with van der Waals surface area (Å²) in [7, 11) is 0. The highest BCUT2D eigenvalue weighted by atomic mass is 32.2. The fraction of sp³-hybridized carbons (Fsp3) is 0.154. The Bertz CT molecular complexity index is 1130. The summed E-state index contributed by atoms with van der Waals surface area (Å²) in [5.74, 6) is 1.13. The Balaban J connectivity index is 1.41. The summed E-state index contributed by atoms with van der Waals surface area (Å²) in [6.45, 7) is 3.01. The van der Waals surface area contributed by atoms with E-state index in [1.54, 1.807) is 6.08 Å². The van der Waals surface area contributed by atoms with E-state index in [1.807, 2.05) is 85.8 Å². The van der Waals surface area contributed by atoms with Crippen LogP contribution < -0.4 is 9.47 Å². The number of imide groups is 1. The summed E-state index contributed by atoms with van der Waals surface area (Å²) in [6.07, 6.45) is 1.72. The molecule has 1 heterocycles. The minimum absolute atomic E-state index is 0.261. The molecule has 0 atom stereocenters. The van der Waals surface area contributed by atoms with Gasteiger partial charge in [0, 0.05) is 5.56 Å². The molecule has 32 heavy (non-hydrogen) atoms. The SMILES string of the molecule is Cc1ccc(CN2C(=O)S/C(=C\c3ccccc3OCCOc3ccccc3)C2=O)cc1. The van der Waals surface area contributed by atoms with Gasteiger partial charge in [-0.1, -0.05) is 66.2 Å². The molecule has 6 heteroatoms. The van der Waals surface area contributed by atoms with E-state index >= 15 is 0 Å². The first-order chi connectivity index (χ1) is 15.6. The fourth-order valence-corrected chi connectivity index (χ4v) is 4.04. The first-order valence-electron chi connectivity index (χ1n) is 10.3. The van der Waals surface area contributed by atoms with Gasteiger partial charge >= 0.3 is 0 Å². The van der Waals surface area contributed by atoms with Crippen LogP contribution in [0.25, 0.3) is 6.08 Å². The van der Waals surface area contributed by atoms with Crippen molar-refractivity contribution in [2.24, 2.45) is 0 Å². The third kappa shape index (κ3) is 5.39. The van der Waals surface area contributed by atoms with Crippen LogP contribution in [0.5, 0.6) is 11.5 Å². The number of aryl methyl sites for hydroxylation is 1. The van der Waals surface area contributed by atoms with Gasteiger partial charge in [-0.15, -0.1) is 0 Å². The topological polar surface area (TPSA) is 55.8 Å². The zero-order valence-corrected chi connectivity index (χ0v) is 18.5. The van der Waals surface area contributed by atoms with Crippen molar-refractivity contribution in [1.29, 1.82) is 0 Å². The van der Waals surface area contributed by atoms with E-state index in [4.69, 9.17) is 9.47 Å². The molecule has 0 aliphatic carbocycles. The summed E-state index contributed by atoms with van der Waals surface area (Å²) in [6, 6.07) is 24.8. The molecule has 1 aliphatic rings. The van der Waals surface area contributed by atoms with Crippen LogP contribution in [0.2, 0.25) is 0 Å². The van der Waals surface area contributed by atoms with Crippen LogP contribution in [0.1, 0.15) is 16.7 Å². The molecule has 2 amide bonds. The largest absolute Gasteiger partial charge is 0.490 e. The molecule has 1 fully saturated rings. The molecule has 1 saturated heterocycles. The van der Waals surface area contributed by atoms with Crippen LogP contribution >= 0.6 is 11.8 Å². The summed E-state index contributed by atoms with van der Waals surface area (Å²) in [5.41, 5.74) is 2.79. The summed E-state index contributed by atoms with van der Waals surface area (Å²) in [5, 5.41) is -0.267. The molecular formula is C26H23NO4S. The number of benzene rings is 3. The smallest absolute Gasteiger partial charge is 0.293 e. The standard InChI is InChI=1S/C26H23NO4S/c1-19-11-13-20(14-12-19)18-27-25(28)24(32-26(27)29)17-21-7-5-6-10-23(21)31-16-15-30-22-8-3-2-4-9-22/h2-14,17H,15-16,18H2,1H3/b24-17-. The minimum Gasteiger partial charge on any atom is -0.490 e. The number of para-hydroxylation sites is 2. The summed E-state index contributed by atoms with van der Waals surface area (Å²) < 4.78 is 11.5. The van der Waals surface area contributed by atoms with Gasteiger partial charge in [0.05, 0.1) is 11.4 Å². The molecule has 162 valence electrons. The molecule has 0 aromatic heterocycles. The second-order valence-corrected chi connectivity index (χ2v) is 8.29. The molecule has 0 N–H and O–H groups in total. The monoisotopic (exact) mass is 445 g/mol. The minimum atomic E-state index is -0.289. The Labute approximate surface area is 191 Å². The Hall–Kier alpha value is -3.51. The van der Waals surface area contributed by atoms with Gasteiger partial charge in [-0.2, -0.15) is 0 Å². The van der Waals surface area contributed by atoms with Crippen molar-refractivity contribution in [3.05, 3.63) is 100 Å². The van der Waals surface area contributed by atoms with Crippen LogP contribution in [-0.2, 0) is 11.3 Å². The third-order valence-electron chi connectivity index (χ3n) is 4.89. The molecule has 0 spiro atoms. The van der Waals surface area contributed by atoms with Crippen LogP contribution in [0.4, 0.5) is 4.79 Å². The average molecular weight is 446 g/mol. The van der Waals surface area contributed by atoms with Gasteiger partial charge in [0.2, 0.25) is 0 Å². The van der Waals surface area contributed by atoms with Gasteiger partial charge in [-0.05, 0) is 48.5 Å². The zero-order chi connectivity index (χ0) is 22.3. The molecule has 0 saturated carbocycles. The molecule has 3 aromatic carbocycles. The van der Waals surface area contributed by atoms with Crippen molar-refractivity contribution in [3.8, 4) is 11.5 Å². The number of hydrogen-bond donors (Lipinski definition) is 0. The Morgan fingerprint density at radius 1 is 0.844 bits per heavy atom. The van der Waals surface area contributed by atoms with E-state index in [0.717, 1.165) is 34.2 Å². The molecular weight excluding hydrogens is 422 g/mol. The molecule has 1 aliphatic heterocycles. The molecule has 0 unspecified atom stereocenters. The molecule has 5 nitrogen and oxygen atoms in total. The lowest BCUT2D eigenvalue weighted by atomic mass is 10.1. The van der Waals surface area contributed by atoms with Gasteiger partial charge in [-0.3, -0.25) is 14.5 Å². The Kier molecular flexibility index (Phi) is 6.92. The average Bonchev–Trinajstić information content (AvgIpc) is 3.07. The maximum atomic E-state index is 12.9. The molecule has 4 rings (SSSR count). The normalized spacial score (nSPS) is 14.8. The van der Waals surface area contributed by atoms with Gasteiger partial charge in [0.25, 0.3) is 11.1 Å². The van der Waals surface area contributed by atoms with E-state index < -0.39 is 0 Å². The van der Waals surface area contributed by atoms with Crippen molar-refractivity contribution in [2.45, 2.75) is 13.5 Å². The third-order valence-corrected chi connectivity index (χ3v) is 5.80. The maximum absolute atomic E-state index is 12.9. The Morgan fingerprint density at radius 3 is 2.31 bits per heavy atom. The van der Waals surface area contributed by atoms with Crippen LogP contribution in [0.3, 0.4) is 0 Å². The van der Waals surface area contributed by atoms with Crippen LogP contribution in [0, 0.1) is 6.92 Å². The molecule has 0 radical (unpaired) electrons. The molecule has 3 aromatic rings. The first kappa shape index (κ1) is 21.7. The number of amides is 2. The predicted octanol–water partition coefficient (Wildman–Crippen LogP) is 5.69. The van der Waals surface area contributed by atoms with Crippen molar-refractivity contribution in [3.63, 3.8) is 0 Å². The Morgan fingerprint density at radius 2 is 1.53 bits per heavy atom. The summed E-state index contributed by atoms with van der Waals surface area (Å²) in [4.78, 5) is 27.0. The van der Waals surface area contributed by atoms with Crippen molar-refractivity contribution in [1.82, 2.24) is 4.90 Å². The van der Waals surface area contributed by atoms with Crippen LogP contribution in [0.15, 0.2) is 83.8 Å². The fourth-order valence-electron chi connectivity index (χ4n) is 3.21. The van der Waals surface area contributed by atoms with Gasteiger partial charge < -0.3 is 9.47 Å². The quantitative estimate of drug-likeness (QED) is 0.329. The van der Waals surface area contributed by atoms with E-state index in [9.17, 15) is 9.59 Å². The number of ether oxygens (including phenoxy) is 2. The first-order valence-corrected chi connectivity index (χ1v) is 11.1. The lowest BCUT2D eigenvalue weighted by Gasteiger charge is -2.13. The highest BCUT2D eigenvalue weighted by Crippen LogP contribution is 2.34. The number of thioether (sulfide) groups is 1. The van der Waals surface area contributed by atoms with Gasteiger partial charge in [-0.25, -0.2) is 0 Å². The lowest BCUT2D eigenvalue weighted by molar-refractivity contribution is -0.123. The van der Waals surface area contributed by atoms with E-state index in [-0.39, 0.29) is 17.7 Å². The van der Waals surface area contributed by atoms with Crippen molar-refractivity contribution >= 4 is 29.0 Å². The number of hydrogen-bond acceptors (Lipinski definition) is 5. The van der Waals surface area contributed by atoms with E-state index in [1.165, 1.54) is 4.90 Å². The number of rotatable bonds is 8. The maximum Gasteiger partial charge on any atom is 0.293 e. The second kappa shape index (κ2) is 10.2. The van der Waals surface area contributed by atoms with E-state index in [0.29, 0.717) is 23.9 Å². The predicted molar refractivity (Wildman–Crippen MR) is 127 cm³/mol. The van der Waals surface area contributed by atoms with Crippen LogP contribution in [-0.4, -0.2) is 29.3 Å². The van der Waals surface area contributed by atoms with Gasteiger partial charge in [0.15, 0.2) is 0 Å². The highest BCUT2D eigenvalue weighted by Gasteiger charge is 2.35. The highest BCUT2D eigenvalue weighted by molar-refractivity contribution is 8.18. The number of carbonyl (C=O) groups is 2. The van der Waals surface area contributed by atoms with Crippen molar-refractivity contribution < 1.29 is 19.1 Å². The number of nitrogens with zero attached hydrogens (tertiary/aromatic N) is 1. The number of carbonyl (C=O) groups excluding carboxylic acids is 2. The second-order valence-electron chi connectivity index (χ2n) is 7.30. The summed E-state index contributed by atoms with van der Waals surface area (Å²) >= 11 is 0.952. The van der Waals surface area contributed by atoms with Gasteiger partial charge in [0.1, 0.15) is 24.7 Å².